The van der Waals surface area contributed by atoms with E-state index in [1.807, 2.05) is 12.1 Å². The van der Waals surface area contributed by atoms with Crippen LogP contribution in [0, 0.1) is 5.41 Å². The molecule has 0 bridgehead atoms. The summed E-state index contributed by atoms with van der Waals surface area (Å²) < 4.78 is 7.09. The molecular weight excluding hydrogens is 264 g/mol. The molecule has 1 aliphatic carbocycles. The highest BCUT2D eigenvalue weighted by Gasteiger charge is 2.35. The Kier molecular flexibility index (Phi) is 3.66. The minimum absolute atomic E-state index is 0.00391. The van der Waals surface area contributed by atoms with Crippen LogP contribution in [-0.4, -0.2) is 4.57 Å². The van der Waals surface area contributed by atoms with Gasteiger partial charge in [0.25, 0.3) is 0 Å². The molecule has 1 fully saturated rings. The number of hydrogen-bond acceptors (Lipinski definition) is 3. The van der Waals surface area contributed by atoms with E-state index in [1.54, 1.807) is 4.57 Å². The highest BCUT2D eigenvalue weighted by Crippen LogP contribution is 2.46. The highest BCUT2D eigenvalue weighted by molar-refractivity contribution is 5.74. The predicted octanol–water partition coefficient (Wildman–Crippen LogP) is 3.58. The van der Waals surface area contributed by atoms with Crippen molar-refractivity contribution in [1.82, 2.24) is 4.57 Å². The lowest BCUT2D eigenvalue weighted by Crippen LogP contribution is -2.29. The van der Waals surface area contributed by atoms with Crippen LogP contribution >= 0.6 is 0 Å². The lowest BCUT2D eigenvalue weighted by molar-refractivity contribution is 0.265. The van der Waals surface area contributed by atoms with Gasteiger partial charge in [-0.1, -0.05) is 32.8 Å². The molecule has 114 valence electrons. The SMILES string of the molecule is CCCn1c(=O)oc2cc(C(N)C3(C)CCCC3)ccc21. The van der Waals surface area contributed by atoms with Crippen LogP contribution < -0.4 is 11.5 Å². The fourth-order valence-electron chi connectivity index (χ4n) is 3.61. The lowest BCUT2D eigenvalue weighted by atomic mass is 9.78. The molecular formula is C17H24N2O2. The highest BCUT2D eigenvalue weighted by atomic mass is 16.4. The number of fused-ring (bicyclic) bond motifs is 1. The minimum Gasteiger partial charge on any atom is -0.408 e. The van der Waals surface area contributed by atoms with Gasteiger partial charge in [-0.15, -0.1) is 0 Å². The Morgan fingerprint density at radius 3 is 2.76 bits per heavy atom. The number of benzene rings is 1. The van der Waals surface area contributed by atoms with Gasteiger partial charge in [0, 0.05) is 12.6 Å². The smallest absolute Gasteiger partial charge is 0.408 e. The molecule has 3 rings (SSSR count). The first kappa shape index (κ1) is 14.4. The zero-order valence-corrected chi connectivity index (χ0v) is 12.9. The third-order valence-corrected chi connectivity index (χ3v) is 5.00. The van der Waals surface area contributed by atoms with Crippen molar-refractivity contribution in [3.8, 4) is 0 Å². The zero-order chi connectivity index (χ0) is 15.0. The van der Waals surface area contributed by atoms with Crippen molar-refractivity contribution in [1.29, 1.82) is 0 Å². The molecule has 4 heteroatoms. The number of rotatable bonds is 4. The molecule has 1 unspecified atom stereocenters. The van der Waals surface area contributed by atoms with E-state index in [0.717, 1.165) is 17.5 Å². The van der Waals surface area contributed by atoms with E-state index in [0.29, 0.717) is 12.1 Å². The molecule has 0 radical (unpaired) electrons. The Balaban J connectivity index is 2.00. The molecule has 0 spiro atoms. The van der Waals surface area contributed by atoms with Crippen LogP contribution in [0.3, 0.4) is 0 Å². The van der Waals surface area contributed by atoms with Gasteiger partial charge in [-0.2, -0.15) is 0 Å². The Bertz CT molecular complexity index is 692. The number of aryl methyl sites for hydroxylation is 1. The van der Waals surface area contributed by atoms with E-state index in [2.05, 4.69) is 19.9 Å². The van der Waals surface area contributed by atoms with Gasteiger partial charge in [-0.05, 0) is 42.4 Å². The van der Waals surface area contributed by atoms with Gasteiger partial charge in [-0.25, -0.2) is 4.79 Å². The quantitative estimate of drug-likeness (QED) is 0.935. The maximum absolute atomic E-state index is 11.9. The summed E-state index contributed by atoms with van der Waals surface area (Å²) in [5, 5.41) is 0. The molecule has 0 amide bonds. The first-order valence-electron chi connectivity index (χ1n) is 7.94. The molecule has 1 atom stereocenters. The predicted molar refractivity (Wildman–Crippen MR) is 84.3 cm³/mol. The van der Waals surface area contributed by atoms with Crippen LogP contribution in [0.15, 0.2) is 27.4 Å². The Hall–Kier alpha value is -1.55. The van der Waals surface area contributed by atoms with Crippen molar-refractivity contribution < 1.29 is 4.42 Å². The summed E-state index contributed by atoms with van der Waals surface area (Å²) in [6, 6.07) is 5.99. The van der Waals surface area contributed by atoms with E-state index >= 15 is 0 Å². The van der Waals surface area contributed by atoms with Crippen molar-refractivity contribution in [3.63, 3.8) is 0 Å². The number of nitrogens with zero attached hydrogens (tertiary/aromatic N) is 1. The Morgan fingerprint density at radius 2 is 2.10 bits per heavy atom. The Morgan fingerprint density at radius 1 is 1.38 bits per heavy atom. The summed E-state index contributed by atoms with van der Waals surface area (Å²) in [7, 11) is 0. The second-order valence-corrected chi connectivity index (χ2v) is 6.59. The molecule has 2 aromatic rings. The second kappa shape index (κ2) is 5.34. The third-order valence-electron chi connectivity index (χ3n) is 5.00. The average molecular weight is 288 g/mol. The first-order valence-corrected chi connectivity index (χ1v) is 7.94. The number of aromatic nitrogens is 1. The summed E-state index contributed by atoms with van der Waals surface area (Å²) in [5.74, 6) is -0.273. The van der Waals surface area contributed by atoms with E-state index in [9.17, 15) is 4.79 Å². The monoisotopic (exact) mass is 288 g/mol. The van der Waals surface area contributed by atoms with E-state index in [1.165, 1.54) is 25.7 Å². The summed E-state index contributed by atoms with van der Waals surface area (Å²) in [6.07, 6.45) is 5.77. The molecule has 1 aromatic carbocycles. The van der Waals surface area contributed by atoms with Gasteiger partial charge >= 0.3 is 5.76 Å². The topological polar surface area (TPSA) is 61.2 Å². The molecule has 1 aromatic heterocycles. The van der Waals surface area contributed by atoms with Crippen LogP contribution in [0.1, 0.15) is 57.6 Å². The summed E-state index contributed by atoms with van der Waals surface area (Å²) in [5.41, 5.74) is 9.27. The Labute approximate surface area is 124 Å². The van der Waals surface area contributed by atoms with E-state index < -0.39 is 0 Å². The average Bonchev–Trinajstić information content (AvgIpc) is 3.04. The molecule has 0 saturated heterocycles. The third kappa shape index (κ3) is 2.42. The van der Waals surface area contributed by atoms with Crippen LogP contribution in [0.25, 0.3) is 11.1 Å². The zero-order valence-electron chi connectivity index (χ0n) is 12.9. The maximum atomic E-state index is 11.9. The van der Waals surface area contributed by atoms with E-state index in [-0.39, 0.29) is 17.2 Å². The van der Waals surface area contributed by atoms with Crippen molar-refractivity contribution in [2.24, 2.45) is 11.1 Å². The fraction of sp³-hybridized carbons (Fsp3) is 0.588. The number of oxazole rings is 1. The van der Waals surface area contributed by atoms with Crippen LogP contribution in [0.2, 0.25) is 0 Å². The van der Waals surface area contributed by atoms with Crippen LogP contribution in [-0.2, 0) is 6.54 Å². The molecule has 4 nitrogen and oxygen atoms in total. The van der Waals surface area contributed by atoms with Gasteiger partial charge < -0.3 is 10.2 Å². The number of hydrogen-bond donors (Lipinski definition) is 1. The standard InChI is InChI=1S/C17H24N2O2/c1-3-10-19-13-7-6-12(11-14(13)21-16(19)20)15(18)17(2)8-4-5-9-17/h6-7,11,15H,3-5,8-10,18H2,1-2H3. The number of nitrogens with two attached hydrogens (primary N) is 1. The van der Waals surface area contributed by atoms with Crippen molar-refractivity contribution in [2.75, 3.05) is 0 Å². The molecule has 21 heavy (non-hydrogen) atoms. The fourth-order valence-corrected chi connectivity index (χ4v) is 3.61. The van der Waals surface area contributed by atoms with Crippen LogP contribution in [0.5, 0.6) is 0 Å². The van der Waals surface area contributed by atoms with Gasteiger partial charge in [0.15, 0.2) is 5.58 Å². The second-order valence-electron chi connectivity index (χ2n) is 6.59. The van der Waals surface area contributed by atoms with Gasteiger partial charge in [0.2, 0.25) is 0 Å². The summed E-state index contributed by atoms with van der Waals surface area (Å²) in [4.78, 5) is 11.9. The summed E-state index contributed by atoms with van der Waals surface area (Å²) >= 11 is 0. The van der Waals surface area contributed by atoms with Crippen molar-refractivity contribution >= 4 is 11.1 Å². The molecule has 1 heterocycles. The van der Waals surface area contributed by atoms with Gasteiger partial charge in [0.1, 0.15) is 0 Å². The minimum atomic E-state index is -0.273. The maximum Gasteiger partial charge on any atom is 0.419 e. The van der Waals surface area contributed by atoms with Gasteiger partial charge in [0.05, 0.1) is 5.52 Å². The molecule has 1 aliphatic rings. The van der Waals surface area contributed by atoms with Crippen LogP contribution in [0.4, 0.5) is 0 Å². The largest absolute Gasteiger partial charge is 0.419 e. The molecule has 1 saturated carbocycles. The van der Waals surface area contributed by atoms with Gasteiger partial charge in [-0.3, -0.25) is 4.57 Å². The van der Waals surface area contributed by atoms with Crippen molar-refractivity contribution in [3.05, 3.63) is 34.3 Å². The molecule has 2 N–H and O–H groups in total. The molecule has 0 aliphatic heterocycles. The lowest BCUT2D eigenvalue weighted by Gasteiger charge is -2.31. The summed E-state index contributed by atoms with van der Waals surface area (Å²) in [6.45, 7) is 5.01. The normalized spacial score (nSPS) is 19.2. The first-order chi connectivity index (χ1) is 10.0. The van der Waals surface area contributed by atoms with E-state index in [4.69, 9.17) is 10.2 Å². The van der Waals surface area contributed by atoms with Crippen molar-refractivity contribution in [2.45, 2.75) is 58.5 Å².